The van der Waals surface area contributed by atoms with Crippen LogP contribution in [0.15, 0.2) is 24.3 Å². The largest absolute Gasteiger partial charge is 0.368 e. The molecule has 1 aromatic carbocycles. The number of rotatable bonds is 5. The van der Waals surface area contributed by atoms with Crippen LogP contribution < -0.4 is 0 Å². The average molecular weight is 286 g/mol. The van der Waals surface area contributed by atoms with Crippen LogP contribution in [0.1, 0.15) is 43.2 Å². The molecule has 0 spiro atoms. The van der Waals surface area contributed by atoms with Gasteiger partial charge in [0.2, 0.25) is 5.91 Å². The lowest BCUT2D eigenvalue weighted by atomic mass is 9.98. The Morgan fingerprint density at radius 2 is 2.14 bits per heavy atom. The van der Waals surface area contributed by atoms with Gasteiger partial charge in [0.25, 0.3) is 0 Å². The second kappa shape index (κ2) is 7.80. The number of likely N-dealkylation sites (N-methyl/N-ethyl adjacent to an activating group) is 1. The van der Waals surface area contributed by atoms with Gasteiger partial charge in [-0.15, -0.1) is 0 Å². The van der Waals surface area contributed by atoms with Crippen molar-refractivity contribution in [3.63, 3.8) is 0 Å². The van der Waals surface area contributed by atoms with Crippen LogP contribution in [-0.4, -0.2) is 30.6 Å². The Hall–Kier alpha value is -1.86. The molecule has 0 bridgehead atoms. The van der Waals surface area contributed by atoms with Crippen molar-refractivity contribution in [1.29, 1.82) is 5.26 Å². The van der Waals surface area contributed by atoms with E-state index in [2.05, 4.69) is 6.07 Å². The molecule has 112 valence electrons. The van der Waals surface area contributed by atoms with E-state index in [1.807, 2.05) is 18.2 Å². The highest BCUT2D eigenvalue weighted by Crippen LogP contribution is 2.20. The molecule has 21 heavy (non-hydrogen) atoms. The first-order valence-electron chi connectivity index (χ1n) is 7.53. The molecule has 0 N–H and O–H groups in total. The van der Waals surface area contributed by atoms with Gasteiger partial charge in [0, 0.05) is 13.6 Å². The third kappa shape index (κ3) is 4.87. The Morgan fingerprint density at radius 1 is 1.38 bits per heavy atom. The van der Waals surface area contributed by atoms with Gasteiger partial charge in [-0.05, 0) is 30.5 Å². The van der Waals surface area contributed by atoms with Gasteiger partial charge in [0.05, 0.1) is 17.7 Å². The minimum Gasteiger partial charge on any atom is -0.368 e. The fraction of sp³-hybridized carbons (Fsp3) is 0.529. The first kappa shape index (κ1) is 15.5. The zero-order chi connectivity index (χ0) is 15.1. The monoisotopic (exact) mass is 286 g/mol. The van der Waals surface area contributed by atoms with E-state index in [9.17, 15) is 4.79 Å². The van der Waals surface area contributed by atoms with Crippen molar-refractivity contribution in [3.8, 4) is 6.07 Å². The molecule has 1 aliphatic rings. The Balaban J connectivity index is 1.80. The number of benzene rings is 1. The molecule has 0 radical (unpaired) electrons. The summed E-state index contributed by atoms with van der Waals surface area (Å²) in [7, 11) is 1.77. The molecule has 0 saturated heterocycles. The van der Waals surface area contributed by atoms with Gasteiger partial charge in [0.1, 0.15) is 6.61 Å². The molecule has 4 nitrogen and oxygen atoms in total. The highest BCUT2D eigenvalue weighted by atomic mass is 16.5. The highest BCUT2D eigenvalue weighted by Gasteiger charge is 2.17. The molecule has 2 rings (SSSR count). The molecule has 1 fully saturated rings. The van der Waals surface area contributed by atoms with Gasteiger partial charge in [-0.3, -0.25) is 4.79 Å². The smallest absolute Gasteiger partial charge is 0.248 e. The molecule has 1 aliphatic carbocycles. The standard InChI is InChI=1S/C17H22N2O2/c1-19(12-15-7-5-6-14(10-15)11-18)17(20)13-21-16-8-3-2-4-9-16/h5-7,10,16H,2-4,8-9,12-13H2,1H3. The van der Waals surface area contributed by atoms with Crippen LogP contribution in [-0.2, 0) is 16.1 Å². The van der Waals surface area contributed by atoms with E-state index in [1.54, 1.807) is 18.0 Å². The first-order chi connectivity index (χ1) is 10.2. The average Bonchev–Trinajstić information content (AvgIpc) is 2.53. The Kier molecular flexibility index (Phi) is 5.77. The lowest BCUT2D eigenvalue weighted by molar-refractivity contribution is -0.138. The molecular formula is C17H22N2O2. The van der Waals surface area contributed by atoms with Crippen LogP contribution in [0.3, 0.4) is 0 Å². The van der Waals surface area contributed by atoms with E-state index in [1.165, 1.54) is 19.3 Å². The highest BCUT2D eigenvalue weighted by molar-refractivity contribution is 5.77. The third-order valence-electron chi connectivity index (χ3n) is 3.90. The van der Waals surface area contributed by atoms with Gasteiger partial charge in [-0.25, -0.2) is 0 Å². The number of nitriles is 1. The van der Waals surface area contributed by atoms with E-state index < -0.39 is 0 Å². The summed E-state index contributed by atoms with van der Waals surface area (Å²) >= 11 is 0. The maximum absolute atomic E-state index is 12.1. The number of amides is 1. The van der Waals surface area contributed by atoms with Gasteiger partial charge >= 0.3 is 0 Å². The lowest BCUT2D eigenvalue weighted by Gasteiger charge is -2.23. The van der Waals surface area contributed by atoms with Crippen LogP contribution >= 0.6 is 0 Å². The van der Waals surface area contributed by atoms with E-state index >= 15 is 0 Å². The van der Waals surface area contributed by atoms with Crippen molar-refractivity contribution in [2.24, 2.45) is 0 Å². The minimum absolute atomic E-state index is 0.0112. The van der Waals surface area contributed by atoms with E-state index in [0.717, 1.165) is 18.4 Å². The van der Waals surface area contributed by atoms with Crippen molar-refractivity contribution < 1.29 is 9.53 Å². The zero-order valence-electron chi connectivity index (χ0n) is 12.5. The fourth-order valence-corrected chi connectivity index (χ4v) is 2.63. The molecule has 1 amide bonds. The summed E-state index contributed by atoms with van der Waals surface area (Å²) in [6.45, 7) is 0.654. The molecular weight excluding hydrogens is 264 g/mol. The number of nitrogens with zero attached hydrogens (tertiary/aromatic N) is 2. The molecule has 1 aromatic rings. The van der Waals surface area contributed by atoms with Crippen molar-refractivity contribution in [2.75, 3.05) is 13.7 Å². The van der Waals surface area contributed by atoms with Crippen molar-refractivity contribution in [3.05, 3.63) is 35.4 Å². The van der Waals surface area contributed by atoms with Crippen LogP contribution in [0.5, 0.6) is 0 Å². The summed E-state index contributed by atoms with van der Waals surface area (Å²) in [5, 5.41) is 8.88. The number of carbonyl (C=O) groups is 1. The number of carbonyl (C=O) groups excluding carboxylic acids is 1. The van der Waals surface area contributed by atoms with Crippen molar-refractivity contribution >= 4 is 5.91 Å². The molecule has 0 aliphatic heterocycles. The summed E-state index contributed by atoms with van der Waals surface area (Å²) in [5.41, 5.74) is 1.58. The van der Waals surface area contributed by atoms with Gasteiger partial charge in [-0.2, -0.15) is 5.26 Å². The van der Waals surface area contributed by atoms with Crippen LogP contribution in [0.2, 0.25) is 0 Å². The Bertz CT molecular complexity index is 516. The fourth-order valence-electron chi connectivity index (χ4n) is 2.63. The summed E-state index contributed by atoms with van der Waals surface area (Å²) in [4.78, 5) is 13.7. The van der Waals surface area contributed by atoms with Gasteiger partial charge in [0.15, 0.2) is 0 Å². The van der Waals surface area contributed by atoms with E-state index in [-0.39, 0.29) is 18.6 Å². The maximum Gasteiger partial charge on any atom is 0.248 e. The predicted octanol–water partition coefficient (Wildman–Crippen LogP) is 2.87. The molecule has 0 atom stereocenters. The minimum atomic E-state index is -0.0112. The molecule has 0 unspecified atom stereocenters. The molecule has 0 aromatic heterocycles. The zero-order valence-corrected chi connectivity index (χ0v) is 12.5. The molecule has 1 saturated carbocycles. The predicted molar refractivity (Wildman–Crippen MR) is 80.5 cm³/mol. The van der Waals surface area contributed by atoms with Crippen molar-refractivity contribution in [2.45, 2.75) is 44.8 Å². The number of hydrogen-bond acceptors (Lipinski definition) is 3. The van der Waals surface area contributed by atoms with Gasteiger partial charge < -0.3 is 9.64 Å². The summed E-state index contributed by atoms with van der Waals surface area (Å²) in [6, 6.07) is 9.44. The lowest BCUT2D eigenvalue weighted by Crippen LogP contribution is -2.32. The van der Waals surface area contributed by atoms with E-state index in [4.69, 9.17) is 10.00 Å². The second-order valence-electron chi connectivity index (χ2n) is 5.63. The normalized spacial score (nSPS) is 15.4. The molecule has 4 heteroatoms. The topological polar surface area (TPSA) is 53.3 Å². The summed E-state index contributed by atoms with van der Waals surface area (Å²) in [5.74, 6) is -0.0112. The van der Waals surface area contributed by atoms with Crippen LogP contribution in [0.25, 0.3) is 0 Å². The number of hydrogen-bond donors (Lipinski definition) is 0. The second-order valence-corrected chi connectivity index (χ2v) is 5.63. The Morgan fingerprint density at radius 3 is 2.86 bits per heavy atom. The quantitative estimate of drug-likeness (QED) is 0.836. The van der Waals surface area contributed by atoms with Gasteiger partial charge in [-0.1, -0.05) is 31.4 Å². The summed E-state index contributed by atoms with van der Waals surface area (Å²) < 4.78 is 5.70. The Labute approximate surface area is 126 Å². The van der Waals surface area contributed by atoms with Crippen LogP contribution in [0, 0.1) is 11.3 Å². The van der Waals surface area contributed by atoms with Crippen molar-refractivity contribution in [1.82, 2.24) is 4.90 Å². The SMILES string of the molecule is CN(Cc1cccc(C#N)c1)C(=O)COC1CCCCC1. The van der Waals surface area contributed by atoms with Crippen LogP contribution in [0.4, 0.5) is 0 Å². The first-order valence-corrected chi connectivity index (χ1v) is 7.53. The van der Waals surface area contributed by atoms with E-state index in [0.29, 0.717) is 12.1 Å². The summed E-state index contributed by atoms with van der Waals surface area (Å²) in [6.07, 6.45) is 6.08. The number of ether oxygens (including phenoxy) is 1. The molecule has 0 heterocycles. The third-order valence-corrected chi connectivity index (χ3v) is 3.90. The maximum atomic E-state index is 12.1.